The molecule has 8 aromatic rings. The maximum Gasteiger partial charge on any atom is 0.0546 e. The van der Waals surface area contributed by atoms with E-state index in [0.29, 0.717) is 0 Å². The molecule has 0 saturated heterocycles. The summed E-state index contributed by atoms with van der Waals surface area (Å²) in [6.07, 6.45) is 0. The van der Waals surface area contributed by atoms with Crippen molar-refractivity contribution in [2.75, 3.05) is 4.90 Å². The summed E-state index contributed by atoms with van der Waals surface area (Å²) in [4.78, 5) is 2.56. The molecule has 10 rings (SSSR count). The molecular weight excluding hydrogens is 663 g/mol. The highest BCUT2D eigenvalue weighted by atomic mass is 15.1. The maximum absolute atomic E-state index is 2.56. The maximum atomic E-state index is 2.56. The van der Waals surface area contributed by atoms with Crippen LogP contribution in [-0.4, -0.2) is 0 Å². The molecule has 0 heterocycles. The van der Waals surface area contributed by atoms with E-state index in [1.165, 1.54) is 83.6 Å². The quantitative estimate of drug-likeness (QED) is 0.166. The number of rotatable bonds is 6. The Morgan fingerprint density at radius 3 is 1.55 bits per heavy atom. The number of hydrogen-bond donors (Lipinski definition) is 0. The van der Waals surface area contributed by atoms with Crippen LogP contribution in [0.2, 0.25) is 0 Å². The molecular formula is C54H43N. The van der Waals surface area contributed by atoms with Crippen molar-refractivity contribution < 1.29 is 0 Å². The summed E-state index contributed by atoms with van der Waals surface area (Å²) in [7, 11) is 0. The number of fused-ring (bicyclic) bond motifs is 6. The number of nitrogens with zero attached hydrogens (tertiary/aromatic N) is 1. The molecule has 1 heteroatoms. The average Bonchev–Trinajstić information content (AvgIpc) is 3.61. The summed E-state index contributed by atoms with van der Waals surface area (Å²) in [6.45, 7) is 9.50. The lowest BCUT2D eigenvalue weighted by molar-refractivity contribution is 0.660. The van der Waals surface area contributed by atoms with Crippen LogP contribution in [0.5, 0.6) is 0 Å². The zero-order valence-corrected chi connectivity index (χ0v) is 31.8. The summed E-state index contributed by atoms with van der Waals surface area (Å²) in [5.41, 5.74) is 21.2. The van der Waals surface area contributed by atoms with E-state index in [4.69, 9.17) is 0 Å². The van der Waals surface area contributed by atoms with E-state index in [0.717, 1.165) is 11.4 Å². The fraction of sp³-hybridized carbons (Fsp3) is 0.111. The summed E-state index contributed by atoms with van der Waals surface area (Å²) in [6, 6.07) is 69.6. The van der Waals surface area contributed by atoms with Crippen LogP contribution in [0.1, 0.15) is 49.9 Å². The Morgan fingerprint density at radius 2 is 0.800 bits per heavy atom. The molecule has 0 bridgehead atoms. The smallest absolute Gasteiger partial charge is 0.0546 e. The highest BCUT2D eigenvalue weighted by molar-refractivity contribution is 6.02. The van der Waals surface area contributed by atoms with Crippen LogP contribution in [0.4, 0.5) is 17.1 Å². The van der Waals surface area contributed by atoms with E-state index in [1.807, 2.05) is 0 Å². The second-order valence-corrected chi connectivity index (χ2v) is 16.1. The normalized spacial score (nSPS) is 14.1. The molecule has 0 aromatic heterocycles. The molecule has 8 aromatic carbocycles. The summed E-state index contributed by atoms with van der Waals surface area (Å²) >= 11 is 0. The van der Waals surface area contributed by atoms with Crippen LogP contribution >= 0.6 is 0 Å². The van der Waals surface area contributed by atoms with E-state index >= 15 is 0 Å². The molecule has 0 aliphatic heterocycles. The molecule has 0 radical (unpaired) electrons. The molecule has 0 unspecified atom stereocenters. The van der Waals surface area contributed by atoms with Gasteiger partial charge in [0.2, 0.25) is 0 Å². The lowest BCUT2D eigenvalue weighted by Gasteiger charge is -2.32. The van der Waals surface area contributed by atoms with Crippen LogP contribution < -0.4 is 4.90 Å². The molecule has 2 aliphatic carbocycles. The van der Waals surface area contributed by atoms with Gasteiger partial charge in [0.1, 0.15) is 0 Å². The minimum atomic E-state index is -0.139. The Hall–Kier alpha value is -6.44. The topological polar surface area (TPSA) is 3.24 Å². The second kappa shape index (κ2) is 12.6. The van der Waals surface area contributed by atoms with Crippen molar-refractivity contribution in [2.24, 2.45) is 0 Å². The monoisotopic (exact) mass is 705 g/mol. The van der Waals surface area contributed by atoms with Gasteiger partial charge in [-0.3, -0.25) is 0 Å². The van der Waals surface area contributed by atoms with Crippen molar-refractivity contribution >= 4 is 17.1 Å². The van der Waals surface area contributed by atoms with Gasteiger partial charge in [-0.2, -0.15) is 0 Å². The van der Waals surface area contributed by atoms with Crippen LogP contribution in [-0.2, 0) is 10.8 Å². The Bertz CT molecular complexity index is 2750. The highest BCUT2D eigenvalue weighted by Crippen LogP contribution is 2.57. The van der Waals surface area contributed by atoms with Crippen molar-refractivity contribution in [1.82, 2.24) is 0 Å². The van der Waals surface area contributed by atoms with Gasteiger partial charge in [0.05, 0.1) is 11.4 Å². The molecule has 0 amide bonds. The SMILES string of the molecule is CC1(C)c2ccccc2-c2ccc(N(c3cccc(-c4ccccc4)c3-c3cccc(-c4ccccc4)c3)c3cccc4c3-c3ccccc3C4(C)C)cc21. The predicted molar refractivity (Wildman–Crippen MR) is 233 cm³/mol. The summed E-state index contributed by atoms with van der Waals surface area (Å²) in [5.74, 6) is 0. The first-order valence-electron chi connectivity index (χ1n) is 19.4. The molecule has 264 valence electrons. The number of hydrogen-bond acceptors (Lipinski definition) is 1. The first kappa shape index (κ1) is 33.2. The van der Waals surface area contributed by atoms with Gasteiger partial charge in [0.15, 0.2) is 0 Å². The van der Waals surface area contributed by atoms with Crippen molar-refractivity contribution in [1.29, 1.82) is 0 Å². The van der Waals surface area contributed by atoms with Crippen LogP contribution in [0.25, 0.3) is 55.6 Å². The zero-order chi connectivity index (χ0) is 37.3. The third kappa shape index (κ3) is 5.14. The lowest BCUT2D eigenvalue weighted by Crippen LogP contribution is -2.18. The van der Waals surface area contributed by atoms with Crippen LogP contribution in [0.3, 0.4) is 0 Å². The predicted octanol–water partition coefficient (Wildman–Crippen LogP) is 14.8. The van der Waals surface area contributed by atoms with Gasteiger partial charge in [-0.05, 0) is 97.1 Å². The van der Waals surface area contributed by atoms with Crippen molar-refractivity contribution in [3.63, 3.8) is 0 Å². The number of anilines is 3. The molecule has 0 atom stereocenters. The molecule has 55 heavy (non-hydrogen) atoms. The van der Waals surface area contributed by atoms with Gasteiger partial charge in [0, 0.05) is 27.6 Å². The molecule has 0 saturated carbocycles. The Labute approximate surface area is 325 Å². The van der Waals surface area contributed by atoms with E-state index in [-0.39, 0.29) is 10.8 Å². The average molecular weight is 706 g/mol. The molecule has 0 spiro atoms. The van der Waals surface area contributed by atoms with Crippen LogP contribution in [0, 0.1) is 0 Å². The highest BCUT2D eigenvalue weighted by Gasteiger charge is 2.39. The van der Waals surface area contributed by atoms with Crippen molar-refractivity contribution in [3.05, 3.63) is 210 Å². The summed E-state index contributed by atoms with van der Waals surface area (Å²) < 4.78 is 0. The second-order valence-electron chi connectivity index (χ2n) is 16.1. The van der Waals surface area contributed by atoms with Gasteiger partial charge in [-0.1, -0.05) is 185 Å². The standard InChI is InChI=1S/C54H43N/c1-53(2)46-28-14-12-25-44(46)52-47(53)29-17-31-50(52)55(40-32-33-43-42-24-11-13-27-45(42)54(3,4)48(43)35-40)49-30-16-26-41(37-20-9-6-10-21-37)51(49)39-23-15-22-38(34-39)36-18-7-5-8-19-36/h5-35H,1-4H3. The Morgan fingerprint density at radius 1 is 0.309 bits per heavy atom. The molecule has 0 fully saturated rings. The Balaban J connectivity index is 1.29. The molecule has 2 aliphatic rings. The third-order valence-corrected chi connectivity index (χ3v) is 12.3. The van der Waals surface area contributed by atoms with Crippen molar-refractivity contribution in [3.8, 4) is 55.6 Å². The number of benzene rings is 8. The van der Waals surface area contributed by atoms with E-state index in [2.05, 4.69) is 221 Å². The van der Waals surface area contributed by atoms with Crippen molar-refractivity contribution in [2.45, 2.75) is 38.5 Å². The van der Waals surface area contributed by atoms with Gasteiger partial charge in [0.25, 0.3) is 0 Å². The van der Waals surface area contributed by atoms with E-state index in [9.17, 15) is 0 Å². The zero-order valence-electron chi connectivity index (χ0n) is 31.8. The first-order chi connectivity index (χ1) is 26.8. The fourth-order valence-electron chi connectivity index (χ4n) is 9.53. The molecule has 0 N–H and O–H groups in total. The van der Waals surface area contributed by atoms with Gasteiger partial charge >= 0.3 is 0 Å². The lowest BCUT2D eigenvalue weighted by atomic mass is 9.82. The van der Waals surface area contributed by atoms with E-state index < -0.39 is 0 Å². The fourth-order valence-corrected chi connectivity index (χ4v) is 9.53. The van der Waals surface area contributed by atoms with Crippen LogP contribution in [0.15, 0.2) is 188 Å². The molecule has 1 nitrogen and oxygen atoms in total. The summed E-state index contributed by atoms with van der Waals surface area (Å²) in [5, 5.41) is 0. The van der Waals surface area contributed by atoms with Gasteiger partial charge in [-0.25, -0.2) is 0 Å². The van der Waals surface area contributed by atoms with E-state index in [1.54, 1.807) is 0 Å². The van der Waals surface area contributed by atoms with Gasteiger partial charge in [-0.15, -0.1) is 0 Å². The minimum absolute atomic E-state index is 0.131. The minimum Gasteiger partial charge on any atom is -0.309 e. The first-order valence-corrected chi connectivity index (χ1v) is 19.4. The Kier molecular flexibility index (Phi) is 7.58. The largest absolute Gasteiger partial charge is 0.309 e. The van der Waals surface area contributed by atoms with Gasteiger partial charge < -0.3 is 4.90 Å². The third-order valence-electron chi connectivity index (χ3n) is 12.3.